The molecule has 1 amide bonds. The molecule has 4 heteroatoms. The van der Waals surface area contributed by atoms with E-state index in [-0.39, 0.29) is 11.7 Å². The number of nitrogens with one attached hydrogen (secondary N) is 1. The van der Waals surface area contributed by atoms with Gasteiger partial charge in [0.05, 0.1) is 6.04 Å². The molecule has 0 heterocycles. The number of phenols is 1. The minimum absolute atomic E-state index is 0.101. The van der Waals surface area contributed by atoms with Gasteiger partial charge in [-0.25, -0.2) is 0 Å². The number of rotatable bonds is 5. The molecule has 1 aromatic carbocycles. The highest BCUT2D eigenvalue weighted by Crippen LogP contribution is 2.43. The molecule has 1 atom stereocenters. The maximum Gasteiger partial charge on any atom is 0.237 e. The van der Waals surface area contributed by atoms with Gasteiger partial charge in [-0.15, -0.1) is 0 Å². The first-order valence-electron chi connectivity index (χ1n) is 6.30. The number of aromatic hydroxyl groups is 1. The molecule has 0 spiro atoms. The van der Waals surface area contributed by atoms with Crippen LogP contribution in [0, 0.1) is 5.41 Å². The molecular weight excluding hydrogens is 228 g/mol. The third kappa shape index (κ3) is 3.47. The molecule has 0 unspecified atom stereocenters. The van der Waals surface area contributed by atoms with Gasteiger partial charge in [0.2, 0.25) is 5.91 Å². The number of amides is 1. The van der Waals surface area contributed by atoms with Crippen molar-refractivity contribution < 1.29 is 9.90 Å². The molecule has 18 heavy (non-hydrogen) atoms. The Morgan fingerprint density at radius 1 is 1.44 bits per heavy atom. The smallest absolute Gasteiger partial charge is 0.237 e. The van der Waals surface area contributed by atoms with Gasteiger partial charge < -0.3 is 16.2 Å². The molecule has 1 aliphatic rings. The Morgan fingerprint density at radius 3 is 2.61 bits per heavy atom. The monoisotopic (exact) mass is 248 g/mol. The van der Waals surface area contributed by atoms with E-state index in [1.807, 2.05) is 0 Å². The van der Waals surface area contributed by atoms with E-state index in [9.17, 15) is 9.90 Å². The van der Waals surface area contributed by atoms with Crippen molar-refractivity contribution in [3.63, 3.8) is 0 Å². The van der Waals surface area contributed by atoms with Crippen LogP contribution in [0.25, 0.3) is 0 Å². The van der Waals surface area contributed by atoms with Crippen molar-refractivity contribution in [1.82, 2.24) is 5.32 Å². The summed E-state index contributed by atoms with van der Waals surface area (Å²) in [7, 11) is 0. The second-order valence-electron chi connectivity index (χ2n) is 5.51. The summed E-state index contributed by atoms with van der Waals surface area (Å²) >= 11 is 0. The highest BCUT2D eigenvalue weighted by molar-refractivity contribution is 5.81. The van der Waals surface area contributed by atoms with Crippen LogP contribution in [0.5, 0.6) is 5.75 Å². The van der Waals surface area contributed by atoms with Gasteiger partial charge in [-0.1, -0.05) is 19.1 Å². The first kappa shape index (κ1) is 12.9. The molecule has 0 saturated heterocycles. The molecule has 0 bridgehead atoms. The Hall–Kier alpha value is -1.55. The summed E-state index contributed by atoms with van der Waals surface area (Å²) in [5.41, 5.74) is 7.11. The van der Waals surface area contributed by atoms with E-state index < -0.39 is 6.04 Å². The van der Waals surface area contributed by atoms with Gasteiger partial charge in [-0.3, -0.25) is 4.79 Å². The number of benzene rings is 1. The van der Waals surface area contributed by atoms with Crippen LogP contribution >= 0.6 is 0 Å². The van der Waals surface area contributed by atoms with Crippen LogP contribution in [0.2, 0.25) is 0 Å². The second-order valence-corrected chi connectivity index (χ2v) is 5.51. The summed E-state index contributed by atoms with van der Waals surface area (Å²) in [5, 5.41) is 12.1. The summed E-state index contributed by atoms with van der Waals surface area (Å²) in [6.45, 7) is 2.88. The SMILES string of the molecule is CC1(CNC(=O)[C@@H](N)Cc2ccc(O)cc2)CC1. The molecule has 0 aliphatic heterocycles. The average molecular weight is 248 g/mol. The van der Waals surface area contributed by atoms with Gasteiger partial charge >= 0.3 is 0 Å². The Morgan fingerprint density at radius 2 is 2.06 bits per heavy atom. The van der Waals surface area contributed by atoms with Gasteiger partial charge in [-0.2, -0.15) is 0 Å². The molecule has 1 aliphatic carbocycles. The van der Waals surface area contributed by atoms with E-state index in [0.29, 0.717) is 11.8 Å². The number of carbonyl (C=O) groups is 1. The highest BCUT2D eigenvalue weighted by atomic mass is 16.3. The third-order valence-corrected chi connectivity index (χ3v) is 3.52. The molecule has 2 rings (SSSR count). The van der Waals surface area contributed by atoms with Crippen LogP contribution in [0.4, 0.5) is 0 Å². The minimum Gasteiger partial charge on any atom is -0.508 e. The van der Waals surface area contributed by atoms with Gasteiger partial charge in [0.15, 0.2) is 0 Å². The molecule has 0 aromatic heterocycles. The topological polar surface area (TPSA) is 75.4 Å². The molecular formula is C14H20N2O2. The van der Waals surface area contributed by atoms with Gasteiger partial charge in [-0.05, 0) is 42.4 Å². The fourth-order valence-corrected chi connectivity index (χ4v) is 1.80. The summed E-state index contributed by atoms with van der Waals surface area (Å²) in [6.07, 6.45) is 2.85. The molecule has 1 aromatic rings. The maximum absolute atomic E-state index is 11.8. The average Bonchev–Trinajstić information content (AvgIpc) is 3.08. The van der Waals surface area contributed by atoms with Crippen molar-refractivity contribution in [3.8, 4) is 5.75 Å². The standard InChI is InChI=1S/C14H20N2O2/c1-14(6-7-14)9-16-13(18)12(15)8-10-2-4-11(17)5-3-10/h2-5,12,17H,6-9,15H2,1H3,(H,16,18)/t12-/m0/s1. The van der Waals surface area contributed by atoms with Gasteiger partial charge in [0.25, 0.3) is 0 Å². The molecule has 1 fully saturated rings. The quantitative estimate of drug-likeness (QED) is 0.732. The number of hydrogen-bond acceptors (Lipinski definition) is 3. The zero-order chi connectivity index (χ0) is 13.2. The number of carbonyl (C=O) groups excluding carboxylic acids is 1. The molecule has 4 N–H and O–H groups in total. The Labute approximate surface area is 107 Å². The van der Waals surface area contributed by atoms with Crippen molar-refractivity contribution >= 4 is 5.91 Å². The zero-order valence-electron chi connectivity index (χ0n) is 10.6. The Balaban J connectivity index is 1.81. The lowest BCUT2D eigenvalue weighted by molar-refractivity contribution is -0.122. The van der Waals surface area contributed by atoms with E-state index in [0.717, 1.165) is 12.1 Å². The first-order chi connectivity index (χ1) is 8.48. The predicted octanol–water partition coefficient (Wildman–Crippen LogP) is 1.18. The highest BCUT2D eigenvalue weighted by Gasteiger charge is 2.37. The number of phenolic OH excluding ortho intramolecular Hbond substituents is 1. The van der Waals surface area contributed by atoms with Crippen LogP contribution in [-0.2, 0) is 11.2 Å². The predicted molar refractivity (Wildman–Crippen MR) is 70.1 cm³/mol. The largest absolute Gasteiger partial charge is 0.508 e. The van der Waals surface area contributed by atoms with Crippen LogP contribution in [0.1, 0.15) is 25.3 Å². The summed E-state index contributed by atoms with van der Waals surface area (Å²) in [4.78, 5) is 11.8. The van der Waals surface area contributed by atoms with E-state index in [4.69, 9.17) is 5.73 Å². The van der Waals surface area contributed by atoms with Crippen molar-refractivity contribution in [2.75, 3.05) is 6.54 Å². The van der Waals surface area contributed by atoms with Crippen molar-refractivity contribution in [1.29, 1.82) is 0 Å². The second kappa shape index (κ2) is 4.98. The first-order valence-corrected chi connectivity index (χ1v) is 6.30. The Kier molecular flexibility index (Phi) is 3.57. The van der Waals surface area contributed by atoms with Crippen LogP contribution in [0.3, 0.4) is 0 Å². The van der Waals surface area contributed by atoms with E-state index >= 15 is 0 Å². The van der Waals surface area contributed by atoms with Crippen molar-refractivity contribution in [2.45, 2.75) is 32.2 Å². The normalized spacial score (nSPS) is 18.1. The maximum atomic E-state index is 11.8. The molecule has 0 radical (unpaired) electrons. The van der Waals surface area contributed by atoms with Gasteiger partial charge in [0.1, 0.15) is 5.75 Å². The lowest BCUT2D eigenvalue weighted by atomic mass is 10.1. The fraction of sp³-hybridized carbons (Fsp3) is 0.500. The van der Waals surface area contributed by atoms with Crippen molar-refractivity contribution in [3.05, 3.63) is 29.8 Å². The Bertz CT molecular complexity index is 424. The third-order valence-electron chi connectivity index (χ3n) is 3.52. The number of hydrogen-bond donors (Lipinski definition) is 3. The minimum atomic E-state index is -0.531. The van der Waals surface area contributed by atoms with Gasteiger partial charge in [0, 0.05) is 6.54 Å². The summed E-state index contributed by atoms with van der Waals surface area (Å²) in [6, 6.07) is 6.24. The van der Waals surface area contributed by atoms with E-state index in [1.54, 1.807) is 24.3 Å². The van der Waals surface area contributed by atoms with E-state index in [1.165, 1.54) is 12.8 Å². The van der Waals surface area contributed by atoms with E-state index in [2.05, 4.69) is 12.2 Å². The molecule has 1 saturated carbocycles. The molecule has 98 valence electrons. The lowest BCUT2D eigenvalue weighted by Gasteiger charge is -2.15. The zero-order valence-corrected chi connectivity index (χ0v) is 10.6. The summed E-state index contributed by atoms with van der Waals surface area (Å²) < 4.78 is 0. The molecule has 4 nitrogen and oxygen atoms in total. The fourth-order valence-electron chi connectivity index (χ4n) is 1.80. The van der Waals surface area contributed by atoms with Crippen LogP contribution in [0.15, 0.2) is 24.3 Å². The summed E-state index contributed by atoms with van der Waals surface area (Å²) in [5.74, 6) is 0.120. The lowest BCUT2D eigenvalue weighted by Crippen LogP contribution is -2.43. The van der Waals surface area contributed by atoms with Crippen LogP contribution < -0.4 is 11.1 Å². The van der Waals surface area contributed by atoms with Crippen LogP contribution in [-0.4, -0.2) is 23.6 Å². The van der Waals surface area contributed by atoms with Crippen molar-refractivity contribution in [2.24, 2.45) is 11.1 Å². The number of nitrogens with two attached hydrogens (primary N) is 1.